The summed E-state index contributed by atoms with van der Waals surface area (Å²) >= 11 is 0. The number of hydrogen-bond acceptors (Lipinski definition) is 1. The molecule has 0 aromatic carbocycles. The van der Waals surface area contributed by atoms with Gasteiger partial charge in [-0.1, -0.05) is 49.5 Å². The van der Waals surface area contributed by atoms with Gasteiger partial charge in [0.15, 0.2) is 0 Å². The fourth-order valence-corrected chi connectivity index (χ4v) is 4.68. The molecule has 0 N–H and O–H groups in total. The predicted molar refractivity (Wildman–Crippen MR) is 61.2 cm³/mol. The molecule has 0 bridgehead atoms. The molecule has 13 heavy (non-hydrogen) atoms. The molecule has 0 aliphatic carbocycles. The summed E-state index contributed by atoms with van der Waals surface area (Å²) in [6.45, 7) is 13.5. The first-order valence-corrected chi connectivity index (χ1v) is 5.96. The Labute approximate surface area is 83.6 Å². The molecule has 0 atom stereocenters. The topological polar surface area (TPSA) is 23.8 Å². The van der Waals surface area contributed by atoms with Crippen molar-refractivity contribution in [3.8, 4) is 6.07 Å². The fraction of sp³-hybridized carbons (Fsp3) is 0.727. The maximum atomic E-state index is 8.52. The summed E-state index contributed by atoms with van der Waals surface area (Å²) in [5.41, 5.74) is 0. The molecule has 0 aliphatic rings. The number of rotatable bonds is 1. The molecule has 0 spiro atoms. The fourth-order valence-electron chi connectivity index (χ4n) is 1.56. The Balaban J connectivity index is 4.81. The van der Waals surface area contributed by atoms with E-state index in [-0.39, 0.29) is 18.2 Å². The Hall–Kier alpha value is -0.340. The molecule has 0 aromatic heterocycles. The molecule has 0 unspecified atom stereocenters. The lowest BCUT2D eigenvalue weighted by Gasteiger charge is -2.39. The van der Waals surface area contributed by atoms with Crippen LogP contribution in [0.1, 0.15) is 41.5 Å². The Morgan fingerprint density at radius 2 is 1.38 bits per heavy atom. The minimum Gasteiger partial charge on any atom is -0.193 e. The molecule has 74 valence electrons. The first kappa shape index (κ1) is 12.7. The summed E-state index contributed by atoms with van der Waals surface area (Å²) in [4.78, 5) is 0. The van der Waals surface area contributed by atoms with Crippen molar-refractivity contribution in [3.05, 3.63) is 11.9 Å². The van der Waals surface area contributed by atoms with Gasteiger partial charge in [0, 0.05) is 6.08 Å². The minimum atomic E-state index is -0.252. The summed E-state index contributed by atoms with van der Waals surface area (Å²) in [6.07, 6.45) is 1.63. The van der Waals surface area contributed by atoms with Crippen molar-refractivity contribution in [1.29, 1.82) is 5.26 Å². The molecule has 0 rings (SSSR count). The van der Waals surface area contributed by atoms with Gasteiger partial charge in [0.1, 0.15) is 0 Å². The van der Waals surface area contributed by atoms with Crippen molar-refractivity contribution >= 4 is 7.92 Å². The van der Waals surface area contributed by atoms with E-state index in [1.807, 2.05) is 0 Å². The SMILES string of the molecule is CC(C)(C)P(/C=C\C#N)C(C)(C)C. The van der Waals surface area contributed by atoms with Gasteiger partial charge in [-0.15, -0.1) is 0 Å². The van der Waals surface area contributed by atoms with Gasteiger partial charge in [-0.2, -0.15) is 5.26 Å². The molecule has 0 aromatic rings. The average molecular weight is 197 g/mol. The second-order valence-corrected chi connectivity index (χ2v) is 8.88. The molecule has 0 saturated carbocycles. The molecule has 0 saturated heterocycles. The van der Waals surface area contributed by atoms with E-state index in [2.05, 4.69) is 53.4 Å². The maximum Gasteiger partial charge on any atom is 0.0912 e. The molecule has 0 aliphatic heterocycles. The normalized spacial score (nSPS) is 13.7. The van der Waals surface area contributed by atoms with Gasteiger partial charge in [-0.25, -0.2) is 0 Å². The standard InChI is InChI=1S/C11H20NP/c1-10(2,3)13(9-7-8-12)11(4,5)6/h7,9H,1-6H3/b9-7-. The zero-order valence-corrected chi connectivity index (χ0v) is 10.4. The van der Waals surface area contributed by atoms with Crippen LogP contribution in [0.25, 0.3) is 0 Å². The second kappa shape index (κ2) is 4.25. The van der Waals surface area contributed by atoms with E-state index < -0.39 is 0 Å². The van der Waals surface area contributed by atoms with Crippen LogP contribution in [0.4, 0.5) is 0 Å². The Morgan fingerprint density at radius 1 is 1.00 bits per heavy atom. The monoisotopic (exact) mass is 197 g/mol. The van der Waals surface area contributed by atoms with Crippen LogP contribution in [0.15, 0.2) is 11.9 Å². The summed E-state index contributed by atoms with van der Waals surface area (Å²) < 4.78 is 0. The van der Waals surface area contributed by atoms with Crippen molar-refractivity contribution in [2.45, 2.75) is 51.9 Å². The van der Waals surface area contributed by atoms with E-state index in [9.17, 15) is 0 Å². The third-order valence-corrected chi connectivity index (χ3v) is 5.08. The molecular formula is C11H20NP. The van der Waals surface area contributed by atoms with Gasteiger partial charge in [-0.3, -0.25) is 0 Å². The first-order valence-electron chi connectivity index (χ1n) is 4.55. The van der Waals surface area contributed by atoms with Crippen molar-refractivity contribution in [3.63, 3.8) is 0 Å². The van der Waals surface area contributed by atoms with Crippen LogP contribution in [-0.2, 0) is 0 Å². The lowest BCUT2D eigenvalue weighted by atomic mass is 10.2. The van der Waals surface area contributed by atoms with Crippen molar-refractivity contribution in [1.82, 2.24) is 0 Å². The molecule has 2 heteroatoms. The third-order valence-electron chi connectivity index (χ3n) is 1.74. The van der Waals surface area contributed by atoms with Crippen LogP contribution in [0.3, 0.4) is 0 Å². The van der Waals surface area contributed by atoms with Crippen LogP contribution in [0.5, 0.6) is 0 Å². The van der Waals surface area contributed by atoms with Gasteiger partial charge in [-0.05, 0) is 16.1 Å². The summed E-state index contributed by atoms with van der Waals surface area (Å²) in [6, 6.07) is 2.08. The predicted octanol–water partition coefficient (Wildman–Crippen LogP) is 4.10. The molecular weight excluding hydrogens is 177 g/mol. The van der Waals surface area contributed by atoms with E-state index in [1.54, 1.807) is 6.08 Å². The zero-order valence-electron chi connectivity index (χ0n) is 9.55. The first-order chi connectivity index (χ1) is 5.69. The van der Waals surface area contributed by atoms with Gasteiger partial charge in [0.25, 0.3) is 0 Å². The highest BCUT2D eigenvalue weighted by Crippen LogP contribution is 2.60. The van der Waals surface area contributed by atoms with Crippen LogP contribution in [0, 0.1) is 11.3 Å². The van der Waals surface area contributed by atoms with Crippen LogP contribution in [0.2, 0.25) is 0 Å². The quantitative estimate of drug-likeness (QED) is 0.458. The Bertz CT molecular complexity index is 208. The molecule has 0 heterocycles. The van der Waals surface area contributed by atoms with E-state index in [1.165, 1.54) is 0 Å². The van der Waals surface area contributed by atoms with Crippen LogP contribution < -0.4 is 0 Å². The van der Waals surface area contributed by atoms with Crippen molar-refractivity contribution in [2.75, 3.05) is 0 Å². The summed E-state index contributed by atoms with van der Waals surface area (Å²) in [5.74, 6) is 2.09. The van der Waals surface area contributed by atoms with Gasteiger partial charge < -0.3 is 0 Å². The van der Waals surface area contributed by atoms with E-state index in [4.69, 9.17) is 5.26 Å². The molecule has 1 nitrogen and oxygen atoms in total. The Morgan fingerprint density at radius 3 is 1.62 bits per heavy atom. The number of allylic oxidation sites excluding steroid dienone is 1. The number of hydrogen-bond donors (Lipinski definition) is 0. The number of nitrogens with zero attached hydrogens (tertiary/aromatic N) is 1. The highest BCUT2D eigenvalue weighted by Gasteiger charge is 2.31. The van der Waals surface area contributed by atoms with E-state index in [0.717, 1.165) is 0 Å². The minimum absolute atomic E-state index is 0.252. The highest BCUT2D eigenvalue weighted by atomic mass is 31.1. The maximum absolute atomic E-state index is 8.52. The summed E-state index contributed by atoms with van der Waals surface area (Å²) in [5, 5.41) is 9.08. The summed E-state index contributed by atoms with van der Waals surface area (Å²) in [7, 11) is -0.252. The van der Waals surface area contributed by atoms with Crippen LogP contribution in [-0.4, -0.2) is 10.3 Å². The lowest BCUT2D eigenvalue weighted by Crippen LogP contribution is -2.23. The van der Waals surface area contributed by atoms with Crippen LogP contribution >= 0.6 is 7.92 Å². The average Bonchev–Trinajstić information content (AvgIpc) is 1.81. The smallest absolute Gasteiger partial charge is 0.0912 e. The Kier molecular flexibility index (Phi) is 4.14. The largest absolute Gasteiger partial charge is 0.193 e. The zero-order chi connectivity index (χ0) is 10.7. The van der Waals surface area contributed by atoms with Crippen molar-refractivity contribution in [2.24, 2.45) is 0 Å². The van der Waals surface area contributed by atoms with E-state index >= 15 is 0 Å². The second-order valence-electron chi connectivity index (χ2n) is 5.16. The number of nitriles is 1. The molecule has 0 amide bonds. The molecule has 0 fully saturated rings. The lowest BCUT2D eigenvalue weighted by molar-refractivity contribution is 0.714. The van der Waals surface area contributed by atoms with Crippen molar-refractivity contribution < 1.29 is 0 Å². The third kappa shape index (κ3) is 4.44. The van der Waals surface area contributed by atoms with Gasteiger partial charge in [0.2, 0.25) is 0 Å². The van der Waals surface area contributed by atoms with Gasteiger partial charge >= 0.3 is 0 Å². The molecule has 0 radical (unpaired) electrons. The highest BCUT2D eigenvalue weighted by molar-refractivity contribution is 7.63. The van der Waals surface area contributed by atoms with E-state index in [0.29, 0.717) is 0 Å². The van der Waals surface area contributed by atoms with Gasteiger partial charge in [0.05, 0.1) is 6.07 Å².